The van der Waals surface area contributed by atoms with Crippen LogP contribution in [0.3, 0.4) is 0 Å². The van der Waals surface area contributed by atoms with Gasteiger partial charge in [-0.05, 0) is 104 Å². The standard InChI is InChI=1S/C37H44F2N6O/c1-23(2)25-9-14-45(15-10-25)16-11-34(26-5-6-32(40-21-26)27-8-13-41-42-22-27)44-36(46)29-17-28-18-30-20-37(39,24(3)4)12-7-33(30)43-35(28)31(38)19-29/h5-6,8,13,17-19,21-25,34H,7,9-12,14-16,20H2,1-4H3,(H,44,46). The van der Waals surface area contributed by atoms with E-state index in [4.69, 9.17) is 0 Å². The van der Waals surface area contributed by atoms with Crippen LogP contribution < -0.4 is 5.32 Å². The van der Waals surface area contributed by atoms with Crippen LogP contribution in [-0.2, 0) is 12.8 Å². The number of aromatic nitrogens is 4. The van der Waals surface area contributed by atoms with Crippen LogP contribution in [0.1, 0.15) is 86.6 Å². The lowest BCUT2D eigenvalue weighted by molar-refractivity contribution is 0.0821. The Bertz CT molecular complexity index is 1670. The number of nitrogens with one attached hydrogen (secondary N) is 1. The number of nitrogens with zero attached hydrogens (tertiary/aromatic N) is 5. The molecule has 2 unspecified atom stereocenters. The number of carbonyl (C=O) groups is 1. The Morgan fingerprint density at radius 1 is 1.07 bits per heavy atom. The van der Waals surface area contributed by atoms with Crippen LogP contribution >= 0.6 is 0 Å². The number of fused-ring (bicyclic) bond motifs is 2. The quantitative estimate of drug-likeness (QED) is 0.210. The first kappa shape index (κ1) is 32.1. The number of aryl methyl sites for hydroxylation is 1. The fourth-order valence-corrected chi connectivity index (χ4v) is 6.99. The Balaban J connectivity index is 1.24. The van der Waals surface area contributed by atoms with Gasteiger partial charge in [-0.2, -0.15) is 10.2 Å². The number of hydrogen-bond acceptors (Lipinski definition) is 6. The normalized spacial score (nSPS) is 19.8. The molecule has 1 aliphatic carbocycles. The maximum absolute atomic E-state index is 15.6. The third-order valence-electron chi connectivity index (χ3n) is 10.3. The predicted molar refractivity (Wildman–Crippen MR) is 176 cm³/mol. The molecule has 0 bridgehead atoms. The highest BCUT2D eigenvalue weighted by molar-refractivity contribution is 5.98. The molecular formula is C37H44F2N6O. The highest BCUT2D eigenvalue weighted by Crippen LogP contribution is 2.38. The first-order valence-electron chi connectivity index (χ1n) is 16.7. The highest BCUT2D eigenvalue weighted by Gasteiger charge is 2.38. The van der Waals surface area contributed by atoms with Gasteiger partial charge in [0.15, 0.2) is 0 Å². The monoisotopic (exact) mass is 626 g/mol. The maximum atomic E-state index is 15.6. The molecule has 3 aromatic heterocycles. The van der Waals surface area contributed by atoms with E-state index in [0.717, 1.165) is 53.6 Å². The molecule has 1 fully saturated rings. The summed E-state index contributed by atoms with van der Waals surface area (Å²) in [5.41, 5.74) is 3.16. The lowest BCUT2D eigenvalue weighted by atomic mass is 9.77. The zero-order chi connectivity index (χ0) is 32.4. The van der Waals surface area contributed by atoms with Gasteiger partial charge in [0, 0.05) is 41.4 Å². The van der Waals surface area contributed by atoms with Gasteiger partial charge in [-0.1, -0.05) is 33.8 Å². The van der Waals surface area contributed by atoms with E-state index in [0.29, 0.717) is 30.6 Å². The number of alkyl halides is 1. The van der Waals surface area contributed by atoms with Crippen LogP contribution in [0.15, 0.2) is 55.0 Å². The summed E-state index contributed by atoms with van der Waals surface area (Å²) in [6.07, 6.45) is 9.24. The number of carbonyl (C=O) groups excluding carboxylic acids is 1. The second kappa shape index (κ2) is 13.5. The summed E-state index contributed by atoms with van der Waals surface area (Å²) >= 11 is 0. The molecule has 2 aliphatic rings. The summed E-state index contributed by atoms with van der Waals surface area (Å²) < 4.78 is 31.0. The molecule has 242 valence electrons. The summed E-state index contributed by atoms with van der Waals surface area (Å²) in [5.74, 6) is 0.390. The topological polar surface area (TPSA) is 83.9 Å². The van der Waals surface area contributed by atoms with Crippen molar-refractivity contribution in [1.29, 1.82) is 0 Å². The number of likely N-dealkylation sites (tertiary alicyclic amines) is 1. The molecule has 1 saturated heterocycles. The molecule has 1 amide bonds. The van der Waals surface area contributed by atoms with Crippen LogP contribution in [0.5, 0.6) is 0 Å². The molecule has 4 heterocycles. The zero-order valence-electron chi connectivity index (χ0n) is 27.3. The van der Waals surface area contributed by atoms with Gasteiger partial charge in [0.05, 0.1) is 24.1 Å². The van der Waals surface area contributed by atoms with E-state index < -0.39 is 11.5 Å². The maximum Gasteiger partial charge on any atom is 0.251 e. The van der Waals surface area contributed by atoms with E-state index in [1.54, 1.807) is 24.7 Å². The summed E-state index contributed by atoms with van der Waals surface area (Å²) in [4.78, 5) is 25.5. The van der Waals surface area contributed by atoms with Crippen LogP contribution in [0, 0.1) is 23.6 Å². The van der Waals surface area contributed by atoms with Gasteiger partial charge >= 0.3 is 0 Å². The third kappa shape index (κ3) is 6.94. The number of rotatable bonds is 9. The van der Waals surface area contributed by atoms with Crippen molar-refractivity contribution in [2.75, 3.05) is 19.6 Å². The van der Waals surface area contributed by atoms with E-state index in [-0.39, 0.29) is 35.4 Å². The fourth-order valence-electron chi connectivity index (χ4n) is 6.99. The highest BCUT2D eigenvalue weighted by atomic mass is 19.1. The second-order valence-corrected chi connectivity index (χ2v) is 13.8. The minimum atomic E-state index is -1.31. The van der Waals surface area contributed by atoms with Crippen molar-refractivity contribution in [3.63, 3.8) is 0 Å². The number of piperidine rings is 1. The molecule has 46 heavy (non-hydrogen) atoms. The lowest BCUT2D eigenvalue weighted by Gasteiger charge is -2.34. The van der Waals surface area contributed by atoms with E-state index in [1.807, 2.05) is 38.1 Å². The largest absolute Gasteiger partial charge is 0.345 e. The van der Waals surface area contributed by atoms with E-state index in [9.17, 15) is 4.79 Å². The Morgan fingerprint density at radius 2 is 1.87 bits per heavy atom. The lowest BCUT2D eigenvalue weighted by Crippen LogP contribution is -2.38. The van der Waals surface area contributed by atoms with Crippen molar-refractivity contribution in [1.82, 2.24) is 30.4 Å². The van der Waals surface area contributed by atoms with E-state index in [2.05, 4.69) is 44.2 Å². The van der Waals surface area contributed by atoms with Gasteiger partial charge in [-0.25, -0.2) is 13.8 Å². The van der Waals surface area contributed by atoms with E-state index in [1.165, 1.54) is 18.9 Å². The SMILES string of the molecule is CC(C)C1CCN(CCC(NC(=O)c2cc(F)c3nc4c(cc3c2)CC(F)(C(C)C)CC4)c2ccc(-c3ccnnc3)nc2)CC1. The molecule has 0 radical (unpaired) electrons. The van der Waals surface area contributed by atoms with Crippen molar-refractivity contribution in [3.8, 4) is 11.3 Å². The molecule has 6 rings (SSSR count). The number of amides is 1. The molecule has 1 aliphatic heterocycles. The number of pyridine rings is 2. The second-order valence-electron chi connectivity index (χ2n) is 13.8. The van der Waals surface area contributed by atoms with Crippen molar-refractivity contribution < 1.29 is 13.6 Å². The molecule has 1 aromatic carbocycles. The van der Waals surface area contributed by atoms with Crippen molar-refractivity contribution >= 4 is 16.8 Å². The van der Waals surface area contributed by atoms with Gasteiger partial charge in [0.25, 0.3) is 5.91 Å². The number of hydrogen-bond donors (Lipinski definition) is 1. The van der Waals surface area contributed by atoms with Gasteiger partial charge < -0.3 is 10.2 Å². The molecule has 7 nitrogen and oxygen atoms in total. The van der Waals surface area contributed by atoms with Crippen molar-refractivity contribution in [3.05, 3.63) is 83.2 Å². The summed E-state index contributed by atoms with van der Waals surface area (Å²) in [7, 11) is 0. The first-order chi connectivity index (χ1) is 22.1. The summed E-state index contributed by atoms with van der Waals surface area (Å²) in [6, 6.07) is 10.2. The smallest absolute Gasteiger partial charge is 0.251 e. The van der Waals surface area contributed by atoms with Gasteiger partial charge in [0.1, 0.15) is 17.0 Å². The molecule has 0 saturated carbocycles. The summed E-state index contributed by atoms with van der Waals surface area (Å²) in [6.45, 7) is 11.3. The molecule has 0 spiro atoms. The Hall–Kier alpha value is -3.85. The average Bonchev–Trinajstić information content (AvgIpc) is 3.06. The first-order valence-corrected chi connectivity index (χ1v) is 16.7. The van der Waals surface area contributed by atoms with Crippen LogP contribution in [-0.4, -0.2) is 56.3 Å². The molecule has 4 aromatic rings. The molecule has 2 atom stereocenters. The van der Waals surface area contributed by atoms with Gasteiger partial charge in [-0.15, -0.1) is 0 Å². The van der Waals surface area contributed by atoms with E-state index >= 15 is 8.78 Å². The molecule has 1 N–H and O–H groups in total. The minimum Gasteiger partial charge on any atom is -0.345 e. The van der Waals surface area contributed by atoms with Crippen LogP contribution in [0.2, 0.25) is 0 Å². The Labute approximate surface area is 270 Å². The van der Waals surface area contributed by atoms with Gasteiger partial charge in [-0.3, -0.25) is 9.78 Å². The predicted octanol–water partition coefficient (Wildman–Crippen LogP) is 7.31. The van der Waals surface area contributed by atoms with Crippen molar-refractivity contribution in [2.24, 2.45) is 17.8 Å². The minimum absolute atomic E-state index is 0.131. The number of benzene rings is 1. The Kier molecular flexibility index (Phi) is 9.41. The van der Waals surface area contributed by atoms with Gasteiger partial charge in [0.2, 0.25) is 0 Å². The zero-order valence-corrected chi connectivity index (χ0v) is 27.3. The summed E-state index contributed by atoms with van der Waals surface area (Å²) in [5, 5.41) is 11.5. The average molecular weight is 627 g/mol. The number of halogens is 2. The fraction of sp³-hybridized carbons (Fsp3) is 0.486. The third-order valence-corrected chi connectivity index (χ3v) is 10.3. The van der Waals surface area contributed by atoms with Crippen LogP contribution in [0.4, 0.5) is 8.78 Å². The molecule has 9 heteroatoms. The molecular weight excluding hydrogens is 582 g/mol. The van der Waals surface area contributed by atoms with Crippen LogP contribution in [0.25, 0.3) is 22.2 Å². The Morgan fingerprint density at radius 3 is 2.54 bits per heavy atom. The van der Waals surface area contributed by atoms with Crippen molar-refractivity contribution in [2.45, 2.75) is 77.9 Å².